The largest absolute Gasteiger partial charge is 0.362 e. The molecule has 1 fully saturated rings. The number of carbonyl (C=O) groups excluding carboxylic acids is 1. The van der Waals surface area contributed by atoms with E-state index in [4.69, 9.17) is 0 Å². The van der Waals surface area contributed by atoms with E-state index >= 15 is 0 Å². The number of carbonyl (C=O) groups is 1. The molecule has 1 aromatic carbocycles. The lowest BCUT2D eigenvalue weighted by Crippen LogP contribution is -2.33. The monoisotopic (exact) mass is 261 g/mol. The Hall–Kier alpha value is -1.55. The minimum absolute atomic E-state index is 0.114. The van der Waals surface area contributed by atoms with Gasteiger partial charge in [0.25, 0.3) is 0 Å². The van der Waals surface area contributed by atoms with Crippen molar-refractivity contribution in [3.8, 4) is 0 Å². The second-order valence-corrected chi connectivity index (χ2v) is 5.33. The summed E-state index contributed by atoms with van der Waals surface area (Å²) in [4.78, 5) is 13.7. The summed E-state index contributed by atoms with van der Waals surface area (Å²) in [5.74, 6) is 0.114. The van der Waals surface area contributed by atoms with Crippen LogP contribution < -0.4 is 15.5 Å². The molecule has 4 heteroatoms. The molecule has 2 rings (SSSR count). The van der Waals surface area contributed by atoms with E-state index in [1.807, 2.05) is 0 Å². The number of anilines is 1. The van der Waals surface area contributed by atoms with Crippen molar-refractivity contribution in [1.29, 1.82) is 0 Å². The third-order valence-electron chi connectivity index (χ3n) is 3.28. The summed E-state index contributed by atoms with van der Waals surface area (Å²) in [7, 11) is 0. The Morgan fingerprint density at radius 2 is 2.05 bits per heavy atom. The van der Waals surface area contributed by atoms with Gasteiger partial charge >= 0.3 is 0 Å². The molecule has 4 nitrogen and oxygen atoms in total. The molecule has 1 saturated heterocycles. The van der Waals surface area contributed by atoms with Gasteiger partial charge in [0, 0.05) is 31.4 Å². The highest BCUT2D eigenvalue weighted by Gasteiger charge is 2.14. The third kappa shape index (κ3) is 4.24. The molecular weight excluding hydrogens is 238 g/mol. The van der Waals surface area contributed by atoms with Crippen molar-refractivity contribution in [2.75, 3.05) is 24.5 Å². The maximum atomic E-state index is 11.5. The number of rotatable bonds is 4. The highest BCUT2D eigenvalue weighted by Crippen LogP contribution is 2.16. The maximum Gasteiger partial charge on any atom is 0.239 e. The Bertz CT molecular complexity index is 414. The van der Waals surface area contributed by atoms with Crippen LogP contribution in [-0.4, -0.2) is 31.6 Å². The van der Waals surface area contributed by atoms with Gasteiger partial charge in [-0.2, -0.15) is 0 Å². The van der Waals surface area contributed by atoms with Crippen molar-refractivity contribution in [1.82, 2.24) is 10.6 Å². The number of nitrogens with zero attached hydrogens (tertiary/aromatic N) is 1. The lowest BCUT2D eigenvalue weighted by Gasteiger charge is -2.21. The van der Waals surface area contributed by atoms with Crippen LogP contribution in [-0.2, 0) is 11.3 Å². The SMILES string of the molecule is CC(C)NCc1ccc(N2CCCNC(=O)C2)cc1. The van der Waals surface area contributed by atoms with Crippen LogP contribution in [0.2, 0.25) is 0 Å². The first kappa shape index (κ1) is 13.9. The molecule has 1 aliphatic heterocycles. The molecule has 104 valence electrons. The highest BCUT2D eigenvalue weighted by molar-refractivity contribution is 5.81. The second kappa shape index (κ2) is 6.57. The van der Waals surface area contributed by atoms with E-state index in [2.05, 4.69) is 53.6 Å². The molecule has 2 N–H and O–H groups in total. The van der Waals surface area contributed by atoms with Gasteiger partial charge in [-0.15, -0.1) is 0 Å². The molecule has 0 spiro atoms. The Labute approximate surface area is 115 Å². The standard InChI is InChI=1S/C15H23N3O/c1-12(2)17-10-13-4-6-14(7-5-13)18-9-3-8-16-15(19)11-18/h4-7,12,17H,3,8-11H2,1-2H3,(H,16,19). The van der Waals surface area contributed by atoms with Gasteiger partial charge in [-0.3, -0.25) is 4.79 Å². The maximum absolute atomic E-state index is 11.5. The minimum atomic E-state index is 0.114. The molecule has 0 unspecified atom stereocenters. The quantitative estimate of drug-likeness (QED) is 0.863. The van der Waals surface area contributed by atoms with Crippen LogP contribution >= 0.6 is 0 Å². The number of amides is 1. The average Bonchev–Trinajstić information content (AvgIpc) is 2.62. The summed E-state index contributed by atoms with van der Waals surface area (Å²) >= 11 is 0. The zero-order valence-corrected chi connectivity index (χ0v) is 11.8. The van der Waals surface area contributed by atoms with Crippen molar-refractivity contribution < 1.29 is 4.79 Å². The second-order valence-electron chi connectivity index (χ2n) is 5.33. The van der Waals surface area contributed by atoms with E-state index in [1.54, 1.807) is 0 Å². The smallest absolute Gasteiger partial charge is 0.239 e. The number of hydrogen-bond donors (Lipinski definition) is 2. The number of benzene rings is 1. The van der Waals surface area contributed by atoms with Gasteiger partial charge in [0.2, 0.25) is 5.91 Å². The normalized spacial score (nSPS) is 16.4. The Kier molecular flexibility index (Phi) is 4.80. The molecule has 1 amide bonds. The summed E-state index contributed by atoms with van der Waals surface area (Å²) in [6.07, 6.45) is 1.00. The van der Waals surface area contributed by atoms with E-state index in [-0.39, 0.29) is 5.91 Å². The topological polar surface area (TPSA) is 44.4 Å². The van der Waals surface area contributed by atoms with E-state index < -0.39 is 0 Å². The number of hydrogen-bond acceptors (Lipinski definition) is 3. The van der Waals surface area contributed by atoms with Crippen LogP contribution in [0.3, 0.4) is 0 Å². The van der Waals surface area contributed by atoms with Crippen molar-refractivity contribution in [3.63, 3.8) is 0 Å². The van der Waals surface area contributed by atoms with Crippen LogP contribution in [0.1, 0.15) is 25.8 Å². The Balaban J connectivity index is 1.98. The van der Waals surface area contributed by atoms with Gasteiger partial charge in [0.1, 0.15) is 0 Å². The Morgan fingerprint density at radius 1 is 1.32 bits per heavy atom. The van der Waals surface area contributed by atoms with Crippen molar-refractivity contribution in [3.05, 3.63) is 29.8 Å². The molecule has 0 aromatic heterocycles. The van der Waals surface area contributed by atoms with Gasteiger partial charge in [0.15, 0.2) is 0 Å². The average molecular weight is 261 g/mol. The molecule has 19 heavy (non-hydrogen) atoms. The summed E-state index contributed by atoms with van der Waals surface area (Å²) in [5.41, 5.74) is 2.40. The predicted octanol–water partition coefficient (Wildman–Crippen LogP) is 1.51. The fraction of sp³-hybridized carbons (Fsp3) is 0.533. The van der Waals surface area contributed by atoms with Crippen molar-refractivity contribution in [2.45, 2.75) is 32.9 Å². The summed E-state index contributed by atoms with van der Waals surface area (Å²) in [6.45, 7) is 7.35. The molecular formula is C15H23N3O. The predicted molar refractivity (Wildman–Crippen MR) is 78.3 cm³/mol. The highest BCUT2D eigenvalue weighted by atomic mass is 16.2. The van der Waals surface area contributed by atoms with E-state index in [0.29, 0.717) is 12.6 Å². The lowest BCUT2D eigenvalue weighted by molar-refractivity contribution is -0.119. The molecule has 0 bridgehead atoms. The summed E-state index contributed by atoms with van der Waals surface area (Å²) < 4.78 is 0. The third-order valence-corrected chi connectivity index (χ3v) is 3.28. The fourth-order valence-corrected chi connectivity index (χ4v) is 2.17. The van der Waals surface area contributed by atoms with Gasteiger partial charge in [-0.05, 0) is 24.1 Å². The first-order chi connectivity index (χ1) is 9.15. The molecule has 0 saturated carbocycles. The first-order valence-corrected chi connectivity index (χ1v) is 6.99. The van der Waals surface area contributed by atoms with E-state index in [9.17, 15) is 4.79 Å². The van der Waals surface area contributed by atoms with Crippen LogP contribution in [0.5, 0.6) is 0 Å². The van der Waals surface area contributed by atoms with Gasteiger partial charge in [0.05, 0.1) is 6.54 Å². The van der Waals surface area contributed by atoms with Gasteiger partial charge in [-0.25, -0.2) is 0 Å². The molecule has 0 aliphatic carbocycles. The zero-order chi connectivity index (χ0) is 13.7. The fourth-order valence-electron chi connectivity index (χ4n) is 2.17. The lowest BCUT2D eigenvalue weighted by atomic mass is 10.2. The van der Waals surface area contributed by atoms with Gasteiger partial charge < -0.3 is 15.5 Å². The van der Waals surface area contributed by atoms with Gasteiger partial charge in [-0.1, -0.05) is 26.0 Å². The molecule has 1 heterocycles. The van der Waals surface area contributed by atoms with E-state index in [0.717, 1.165) is 31.7 Å². The zero-order valence-electron chi connectivity index (χ0n) is 11.8. The van der Waals surface area contributed by atoms with E-state index in [1.165, 1.54) is 5.56 Å². The van der Waals surface area contributed by atoms with Crippen LogP contribution in [0, 0.1) is 0 Å². The first-order valence-electron chi connectivity index (χ1n) is 6.99. The molecule has 1 aliphatic rings. The van der Waals surface area contributed by atoms with Crippen LogP contribution in [0.25, 0.3) is 0 Å². The van der Waals surface area contributed by atoms with Crippen LogP contribution in [0.15, 0.2) is 24.3 Å². The summed E-state index contributed by atoms with van der Waals surface area (Å²) in [6, 6.07) is 8.97. The molecule has 1 aromatic rings. The summed E-state index contributed by atoms with van der Waals surface area (Å²) in [5, 5.41) is 6.30. The minimum Gasteiger partial charge on any atom is -0.362 e. The molecule has 0 radical (unpaired) electrons. The van der Waals surface area contributed by atoms with Crippen LogP contribution in [0.4, 0.5) is 5.69 Å². The number of nitrogens with one attached hydrogen (secondary N) is 2. The van der Waals surface area contributed by atoms with Crippen molar-refractivity contribution in [2.24, 2.45) is 0 Å². The molecule has 0 atom stereocenters. The Morgan fingerprint density at radius 3 is 2.74 bits per heavy atom. The van der Waals surface area contributed by atoms with Crippen molar-refractivity contribution >= 4 is 11.6 Å².